The van der Waals surface area contributed by atoms with Crippen LogP contribution in [-0.4, -0.2) is 16.8 Å². The molecular formula is C13H19N3O. The molecule has 4 N–H and O–H groups in total. The van der Waals surface area contributed by atoms with E-state index < -0.39 is 0 Å². The number of nitrogens with two attached hydrogens (primary N) is 2. The Hall–Kier alpha value is -1.42. The Balaban J connectivity index is 1.95. The first-order valence-corrected chi connectivity index (χ1v) is 6.14. The molecule has 1 aromatic heterocycles. The molecule has 17 heavy (non-hydrogen) atoms. The molecule has 0 unspecified atom stereocenters. The minimum Gasteiger partial charge on any atom is -0.383 e. The highest BCUT2D eigenvalue weighted by Gasteiger charge is 2.24. The lowest BCUT2D eigenvalue weighted by atomic mass is 9.82. The molecule has 0 aromatic carbocycles. The van der Waals surface area contributed by atoms with E-state index >= 15 is 0 Å². The first-order valence-electron chi connectivity index (χ1n) is 6.14. The molecule has 0 radical (unpaired) electrons. The van der Waals surface area contributed by atoms with Crippen LogP contribution in [0.2, 0.25) is 0 Å². The Morgan fingerprint density at radius 1 is 1.35 bits per heavy atom. The van der Waals surface area contributed by atoms with E-state index in [-0.39, 0.29) is 17.7 Å². The predicted octanol–water partition coefficient (Wildman–Crippen LogP) is 1.29. The fourth-order valence-corrected chi connectivity index (χ4v) is 2.37. The molecule has 1 fully saturated rings. The van der Waals surface area contributed by atoms with Crippen molar-refractivity contribution >= 4 is 11.6 Å². The van der Waals surface area contributed by atoms with E-state index in [1.807, 2.05) is 12.1 Å². The lowest BCUT2D eigenvalue weighted by molar-refractivity contribution is -0.123. The van der Waals surface area contributed by atoms with Crippen LogP contribution in [0.15, 0.2) is 18.3 Å². The lowest BCUT2D eigenvalue weighted by Gasteiger charge is -2.25. The van der Waals surface area contributed by atoms with Gasteiger partial charge in [0.05, 0.1) is 0 Å². The number of nitrogen functional groups attached to an aromatic ring is 1. The smallest absolute Gasteiger partial charge is 0.140 e. The SMILES string of the molecule is Nc1ncccc1CC(=O)C1CCC(N)CC1. The number of hydrogen-bond acceptors (Lipinski definition) is 4. The third-order valence-electron chi connectivity index (χ3n) is 3.52. The molecule has 0 bridgehead atoms. The van der Waals surface area contributed by atoms with Crippen LogP contribution in [0.1, 0.15) is 31.2 Å². The zero-order valence-corrected chi connectivity index (χ0v) is 9.93. The highest BCUT2D eigenvalue weighted by atomic mass is 16.1. The summed E-state index contributed by atoms with van der Waals surface area (Å²) in [5, 5.41) is 0. The monoisotopic (exact) mass is 233 g/mol. The number of anilines is 1. The Bertz CT molecular complexity index is 397. The summed E-state index contributed by atoms with van der Waals surface area (Å²) in [6.07, 6.45) is 5.79. The summed E-state index contributed by atoms with van der Waals surface area (Å²) in [5.74, 6) is 0.902. The summed E-state index contributed by atoms with van der Waals surface area (Å²) < 4.78 is 0. The van der Waals surface area contributed by atoms with E-state index in [4.69, 9.17) is 11.5 Å². The van der Waals surface area contributed by atoms with E-state index in [2.05, 4.69) is 4.98 Å². The van der Waals surface area contributed by atoms with Gasteiger partial charge in [0.25, 0.3) is 0 Å². The van der Waals surface area contributed by atoms with Gasteiger partial charge in [0.1, 0.15) is 11.6 Å². The highest BCUT2D eigenvalue weighted by Crippen LogP contribution is 2.25. The summed E-state index contributed by atoms with van der Waals surface area (Å²) in [6.45, 7) is 0. The van der Waals surface area contributed by atoms with Crippen molar-refractivity contribution in [1.29, 1.82) is 0 Å². The first-order chi connectivity index (χ1) is 8.16. The van der Waals surface area contributed by atoms with Gasteiger partial charge in [-0.1, -0.05) is 6.07 Å². The minimum absolute atomic E-state index is 0.161. The Morgan fingerprint density at radius 2 is 2.06 bits per heavy atom. The summed E-state index contributed by atoms with van der Waals surface area (Å²) in [6, 6.07) is 3.97. The summed E-state index contributed by atoms with van der Waals surface area (Å²) in [4.78, 5) is 16.1. The maximum atomic E-state index is 12.1. The first kappa shape index (κ1) is 12.0. The van der Waals surface area contributed by atoms with Gasteiger partial charge in [-0.3, -0.25) is 4.79 Å². The molecule has 1 aliphatic rings. The number of hydrogen-bond donors (Lipinski definition) is 2. The zero-order chi connectivity index (χ0) is 12.3. The van der Waals surface area contributed by atoms with Crippen molar-refractivity contribution in [3.63, 3.8) is 0 Å². The number of carbonyl (C=O) groups excluding carboxylic acids is 1. The quantitative estimate of drug-likeness (QED) is 0.824. The Labute approximate surface area is 101 Å². The van der Waals surface area contributed by atoms with E-state index in [0.717, 1.165) is 31.2 Å². The molecule has 4 heteroatoms. The molecule has 0 amide bonds. The van der Waals surface area contributed by atoms with Crippen molar-refractivity contribution in [3.05, 3.63) is 23.9 Å². The van der Waals surface area contributed by atoms with Crippen molar-refractivity contribution < 1.29 is 4.79 Å². The maximum Gasteiger partial charge on any atom is 0.140 e. The summed E-state index contributed by atoms with van der Waals surface area (Å²) in [5.41, 5.74) is 12.4. The normalized spacial score (nSPS) is 24.5. The maximum absolute atomic E-state index is 12.1. The van der Waals surface area contributed by atoms with E-state index in [1.165, 1.54) is 0 Å². The van der Waals surface area contributed by atoms with Crippen LogP contribution in [0, 0.1) is 5.92 Å². The lowest BCUT2D eigenvalue weighted by Crippen LogP contribution is -2.30. The van der Waals surface area contributed by atoms with Crippen LogP contribution in [0.3, 0.4) is 0 Å². The van der Waals surface area contributed by atoms with Gasteiger partial charge in [-0.2, -0.15) is 0 Å². The molecule has 0 atom stereocenters. The van der Waals surface area contributed by atoms with E-state index in [9.17, 15) is 4.79 Å². The molecular weight excluding hydrogens is 214 g/mol. The molecule has 0 aliphatic heterocycles. The van der Waals surface area contributed by atoms with Crippen molar-refractivity contribution in [2.24, 2.45) is 11.7 Å². The molecule has 1 aromatic rings. The summed E-state index contributed by atoms with van der Waals surface area (Å²) >= 11 is 0. The van der Waals surface area contributed by atoms with Crippen LogP contribution in [0.25, 0.3) is 0 Å². The average molecular weight is 233 g/mol. The Morgan fingerprint density at radius 3 is 2.71 bits per heavy atom. The molecule has 4 nitrogen and oxygen atoms in total. The number of pyridine rings is 1. The molecule has 92 valence electrons. The third kappa shape index (κ3) is 3.03. The largest absolute Gasteiger partial charge is 0.383 e. The van der Waals surface area contributed by atoms with Gasteiger partial charge >= 0.3 is 0 Å². The highest BCUT2D eigenvalue weighted by molar-refractivity contribution is 5.84. The van der Waals surface area contributed by atoms with Gasteiger partial charge in [-0.15, -0.1) is 0 Å². The molecule has 1 saturated carbocycles. The molecule has 1 aliphatic carbocycles. The van der Waals surface area contributed by atoms with Crippen molar-refractivity contribution in [3.8, 4) is 0 Å². The second-order valence-electron chi connectivity index (χ2n) is 4.80. The second kappa shape index (κ2) is 5.27. The number of ketones is 1. The molecule has 1 heterocycles. The van der Waals surface area contributed by atoms with Gasteiger partial charge in [0.15, 0.2) is 0 Å². The van der Waals surface area contributed by atoms with Crippen LogP contribution >= 0.6 is 0 Å². The summed E-state index contributed by atoms with van der Waals surface area (Å²) in [7, 11) is 0. The number of Topliss-reactive ketones (excluding diaryl/α,β-unsaturated/α-hetero) is 1. The van der Waals surface area contributed by atoms with Crippen molar-refractivity contribution in [2.45, 2.75) is 38.1 Å². The fraction of sp³-hybridized carbons (Fsp3) is 0.538. The number of rotatable bonds is 3. The van der Waals surface area contributed by atoms with Crippen LogP contribution < -0.4 is 11.5 Å². The predicted molar refractivity (Wildman–Crippen MR) is 67.3 cm³/mol. The zero-order valence-electron chi connectivity index (χ0n) is 9.93. The molecule has 2 rings (SSSR count). The van der Waals surface area contributed by atoms with Crippen LogP contribution in [-0.2, 0) is 11.2 Å². The van der Waals surface area contributed by atoms with Gasteiger partial charge in [-0.25, -0.2) is 4.98 Å². The number of aromatic nitrogens is 1. The minimum atomic E-state index is 0.161. The Kier molecular flexibility index (Phi) is 3.74. The molecule has 0 saturated heterocycles. The van der Waals surface area contributed by atoms with Gasteiger partial charge in [-0.05, 0) is 31.7 Å². The van der Waals surface area contributed by atoms with Crippen molar-refractivity contribution in [1.82, 2.24) is 4.98 Å². The van der Waals surface area contributed by atoms with Crippen molar-refractivity contribution in [2.75, 3.05) is 5.73 Å². The topological polar surface area (TPSA) is 82.0 Å². The van der Waals surface area contributed by atoms with Gasteiger partial charge in [0, 0.05) is 30.1 Å². The van der Waals surface area contributed by atoms with Gasteiger partial charge < -0.3 is 11.5 Å². The standard InChI is InChI=1S/C13H19N3O/c14-11-5-3-9(4-6-11)12(17)8-10-2-1-7-16-13(10)15/h1-2,7,9,11H,3-6,8,14H2,(H2,15,16). The molecule has 0 spiro atoms. The van der Waals surface area contributed by atoms with E-state index in [1.54, 1.807) is 6.20 Å². The second-order valence-corrected chi connectivity index (χ2v) is 4.80. The van der Waals surface area contributed by atoms with E-state index in [0.29, 0.717) is 12.2 Å². The van der Waals surface area contributed by atoms with Gasteiger partial charge in [0.2, 0.25) is 0 Å². The number of nitrogens with zero attached hydrogens (tertiary/aromatic N) is 1. The van der Waals surface area contributed by atoms with Crippen LogP contribution in [0.4, 0.5) is 5.82 Å². The van der Waals surface area contributed by atoms with Crippen LogP contribution in [0.5, 0.6) is 0 Å². The third-order valence-corrected chi connectivity index (χ3v) is 3.52. The average Bonchev–Trinajstić information content (AvgIpc) is 2.33. The number of carbonyl (C=O) groups is 1. The fourth-order valence-electron chi connectivity index (χ4n) is 2.37.